The lowest BCUT2D eigenvalue weighted by Crippen LogP contribution is -2.14. The zero-order valence-corrected chi connectivity index (χ0v) is 12.4. The molecule has 0 aliphatic carbocycles. The highest BCUT2D eigenvalue weighted by molar-refractivity contribution is 7.90. The highest BCUT2D eigenvalue weighted by atomic mass is 32.2. The van der Waals surface area contributed by atoms with Crippen molar-refractivity contribution in [2.75, 3.05) is 19.1 Å². The van der Waals surface area contributed by atoms with Crippen molar-refractivity contribution in [2.45, 2.75) is 6.54 Å². The minimum atomic E-state index is -3.15. The molecule has 0 aliphatic heterocycles. The molecule has 0 radical (unpaired) electrons. The maximum Gasteiger partial charge on any atom is 0.360 e. The van der Waals surface area contributed by atoms with Gasteiger partial charge in [-0.1, -0.05) is 5.21 Å². The number of esters is 1. The first-order valence-electron chi connectivity index (χ1n) is 6.02. The molecule has 0 fully saturated rings. The molecule has 8 nitrogen and oxygen atoms in total. The van der Waals surface area contributed by atoms with E-state index in [-0.39, 0.29) is 18.0 Å². The summed E-state index contributed by atoms with van der Waals surface area (Å²) in [5, 5.41) is 7.63. The molecule has 9 heteroatoms. The molecular weight excluding hydrogens is 296 g/mol. The van der Waals surface area contributed by atoms with Gasteiger partial charge in [-0.15, -0.1) is 5.10 Å². The lowest BCUT2D eigenvalue weighted by atomic mass is 10.1. The maximum absolute atomic E-state index is 11.8. The standard InChI is InChI=1S/C12H14N4O4S/c1-20-12(17)10-11(9-3-5-13-6-4-9)16(15-14-10)7-8-21(2,18)19/h3-6H,7-8H2,1-2H3. The first kappa shape index (κ1) is 15.1. The third-order valence-electron chi connectivity index (χ3n) is 2.74. The van der Waals surface area contributed by atoms with Crippen LogP contribution < -0.4 is 0 Å². The van der Waals surface area contributed by atoms with Gasteiger partial charge in [-0.3, -0.25) is 4.98 Å². The Balaban J connectivity index is 2.47. The van der Waals surface area contributed by atoms with E-state index in [1.54, 1.807) is 24.5 Å². The molecular formula is C12H14N4O4S. The van der Waals surface area contributed by atoms with Crippen molar-refractivity contribution in [3.05, 3.63) is 30.2 Å². The third kappa shape index (κ3) is 3.63. The summed E-state index contributed by atoms with van der Waals surface area (Å²) in [7, 11) is -1.91. The van der Waals surface area contributed by atoms with E-state index in [4.69, 9.17) is 0 Å². The summed E-state index contributed by atoms with van der Waals surface area (Å²) >= 11 is 0. The summed E-state index contributed by atoms with van der Waals surface area (Å²) in [5.41, 5.74) is 1.11. The van der Waals surface area contributed by atoms with Gasteiger partial charge in [-0.05, 0) is 12.1 Å². The fourth-order valence-electron chi connectivity index (χ4n) is 1.75. The lowest BCUT2D eigenvalue weighted by molar-refractivity contribution is 0.0595. The molecule has 112 valence electrons. The van der Waals surface area contributed by atoms with Crippen LogP contribution in [0.3, 0.4) is 0 Å². The Kier molecular flexibility index (Phi) is 4.32. The predicted octanol–water partition coefficient (Wildman–Crippen LogP) is 0.171. The monoisotopic (exact) mass is 310 g/mol. The van der Waals surface area contributed by atoms with Crippen LogP contribution >= 0.6 is 0 Å². The molecule has 0 aliphatic rings. The molecule has 0 spiro atoms. The van der Waals surface area contributed by atoms with Crippen LogP contribution in [0.4, 0.5) is 0 Å². The number of rotatable bonds is 5. The number of carbonyl (C=O) groups excluding carboxylic acids is 1. The Bertz CT molecular complexity index is 740. The smallest absolute Gasteiger partial charge is 0.360 e. The maximum atomic E-state index is 11.8. The molecule has 0 unspecified atom stereocenters. The highest BCUT2D eigenvalue weighted by Gasteiger charge is 2.22. The zero-order chi connectivity index (χ0) is 15.5. The Morgan fingerprint density at radius 3 is 2.57 bits per heavy atom. The summed E-state index contributed by atoms with van der Waals surface area (Å²) in [6.45, 7) is 0.0977. The van der Waals surface area contributed by atoms with Gasteiger partial charge in [0.1, 0.15) is 15.5 Å². The van der Waals surface area contributed by atoms with E-state index in [9.17, 15) is 13.2 Å². The van der Waals surface area contributed by atoms with Gasteiger partial charge in [0, 0.05) is 24.2 Å². The Morgan fingerprint density at radius 2 is 2.00 bits per heavy atom. The number of hydrogen-bond acceptors (Lipinski definition) is 7. The lowest BCUT2D eigenvalue weighted by Gasteiger charge is -2.07. The molecule has 2 heterocycles. The highest BCUT2D eigenvalue weighted by Crippen LogP contribution is 2.22. The molecule has 0 amide bonds. The number of hydrogen-bond donors (Lipinski definition) is 0. The molecule has 2 aromatic heterocycles. The number of pyridine rings is 1. The summed E-state index contributed by atoms with van der Waals surface area (Å²) in [6, 6.07) is 3.37. The van der Waals surface area contributed by atoms with Crippen molar-refractivity contribution in [1.29, 1.82) is 0 Å². The second-order valence-corrected chi connectivity index (χ2v) is 6.63. The number of sulfone groups is 1. The molecule has 21 heavy (non-hydrogen) atoms. The van der Waals surface area contributed by atoms with Gasteiger partial charge >= 0.3 is 5.97 Å². The number of carbonyl (C=O) groups is 1. The fourth-order valence-corrected chi connectivity index (χ4v) is 2.26. The Hall–Kier alpha value is -2.29. The van der Waals surface area contributed by atoms with E-state index in [1.807, 2.05) is 0 Å². The summed E-state index contributed by atoms with van der Waals surface area (Å²) < 4.78 is 28.6. The molecule has 2 rings (SSSR count). The third-order valence-corrected chi connectivity index (χ3v) is 3.67. The van der Waals surface area contributed by atoms with Crippen molar-refractivity contribution in [3.8, 4) is 11.3 Å². The van der Waals surface area contributed by atoms with Gasteiger partial charge in [0.05, 0.1) is 19.4 Å². The molecule has 0 saturated carbocycles. The number of nitrogens with zero attached hydrogens (tertiary/aromatic N) is 4. The van der Waals surface area contributed by atoms with Gasteiger partial charge in [-0.2, -0.15) is 0 Å². The topological polar surface area (TPSA) is 104 Å². The number of aryl methyl sites for hydroxylation is 1. The van der Waals surface area contributed by atoms with Crippen LogP contribution in [0.25, 0.3) is 11.3 Å². The summed E-state index contributed by atoms with van der Waals surface area (Å²) in [5.74, 6) is -0.734. The van der Waals surface area contributed by atoms with E-state index >= 15 is 0 Å². The number of ether oxygens (including phenoxy) is 1. The van der Waals surface area contributed by atoms with Crippen molar-refractivity contribution in [3.63, 3.8) is 0 Å². The van der Waals surface area contributed by atoms with E-state index in [2.05, 4.69) is 20.0 Å². The SMILES string of the molecule is COC(=O)c1nnn(CCS(C)(=O)=O)c1-c1ccncc1. The number of methoxy groups -OCH3 is 1. The average Bonchev–Trinajstić information content (AvgIpc) is 2.88. The minimum absolute atomic E-state index is 0.0391. The Labute approximate surface area is 121 Å². The van der Waals surface area contributed by atoms with Crippen LogP contribution in [0.2, 0.25) is 0 Å². The van der Waals surface area contributed by atoms with Gasteiger partial charge < -0.3 is 4.74 Å². The van der Waals surface area contributed by atoms with Gasteiger partial charge in [0.25, 0.3) is 0 Å². The quantitative estimate of drug-likeness (QED) is 0.725. The predicted molar refractivity (Wildman–Crippen MR) is 74.3 cm³/mol. The van der Waals surface area contributed by atoms with E-state index in [1.165, 1.54) is 11.8 Å². The largest absolute Gasteiger partial charge is 0.464 e. The van der Waals surface area contributed by atoms with Crippen LogP contribution in [0.1, 0.15) is 10.5 Å². The molecule has 0 atom stereocenters. The van der Waals surface area contributed by atoms with Crippen LogP contribution in [0.15, 0.2) is 24.5 Å². The number of aromatic nitrogens is 4. The fraction of sp³-hybridized carbons (Fsp3) is 0.333. The second-order valence-electron chi connectivity index (χ2n) is 4.37. The minimum Gasteiger partial charge on any atom is -0.464 e. The van der Waals surface area contributed by atoms with Crippen LogP contribution in [0, 0.1) is 0 Å². The molecule has 0 saturated heterocycles. The van der Waals surface area contributed by atoms with Crippen LogP contribution in [-0.2, 0) is 21.1 Å². The van der Waals surface area contributed by atoms with Crippen molar-refractivity contribution < 1.29 is 17.9 Å². The molecule has 2 aromatic rings. The normalized spacial score (nSPS) is 11.3. The summed E-state index contributed by atoms with van der Waals surface area (Å²) in [4.78, 5) is 15.7. The molecule has 0 aromatic carbocycles. The molecule has 0 N–H and O–H groups in total. The summed E-state index contributed by atoms with van der Waals surface area (Å²) in [6.07, 6.45) is 4.26. The van der Waals surface area contributed by atoms with Crippen molar-refractivity contribution >= 4 is 15.8 Å². The van der Waals surface area contributed by atoms with Crippen molar-refractivity contribution in [2.24, 2.45) is 0 Å². The van der Waals surface area contributed by atoms with E-state index in [0.717, 1.165) is 6.26 Å². The molecule has 0 bridgehead atoms. The first-order chi connectivity index (χ1) is 9.92. The van der Waals surface area contributed by atoms with Gasteiger partial charge in [0.15, 0.2) is 5.69 Å². The van der Waals surface area contributed by atoms with E-state index < -0.39 is 15.8 Å². The first-order valence-corrected chi connectivity index (χ1v) is 8.08. The average molecular weight is 310 g/mol. The van der Waals surface area contributed by atoms with Crippen LogP contribution in [0.5, 0.6) is 0 Å². The van der Waals surface area contributed by atoms with Crippen LogP contribution in [-0.4, -0.2) is 53.5 Å². The van der Waals surface area contributed by atoms with Crippen molar-refractivity contribution in [1.82, 2.24) is 20.0 Å². The van der Waals surface area contributed by atoms with Gasteiger partial charge in [-0.25, -0.2) is 17.9 Å². The second kappa shape index (κ2) is 6.00. The Morgan fingerprint density at radius 1 is 1.33 bits per heavy atom. The van der Waals surface area contributed by atoms with E-state index in [0.29, 0.717) is 11.3 Å². The zero-order valence-electron chi connectivity index (χ0n) is 11.6. The van der Waals surface area contributed by atoms with Gasteiger partial charge in [0.2, 0.25) is 0 Å².